The molecule has 0 aliphatic carbocycles. The van der Waals surface area contributed by atoms with E-state index < -0.39 is 83.3 Å². The molecule has 0 saturated carbocycles. The first-order chi connectivity index (χ1) is 35.4. The number of aromatic nitrogens is 1. The average molecular weight is 994 g/mol. The second-order valence-electron chi connectivity index (χ2n) is 17.9. The van der Waals surface area contributed by atoms with Crippen molar-refractivity contribution in [1.82, 2.24) is 15.2 Å². The minimum absolute atomic E-state index is 0.0823. The molecular formula is C57H47N5O10S. The van der Waals surface area contributed by atoms with Crippen LogP contribution in [0.25, 0.3) is 10.2 Å². The maximum absolute atomic E-state index is 16.7. The molecule has 2 fully saturated rings. The zero-order valence-corrected chi connectivity index (χ0v) is 40.4. The van der Waals surface area contributed by atoms with Crippen LogP contribution < -0.4 is 15.5 Å². The van der Waals surface area contributed by atoms with E-state index in [1.54, 1.807) is 43.3 Å². The Labute approximate surface area is 423 Å². The van der Waals surface area contributed by atoms with E-state index in [2.05, 4.69) is 22.5 Å². The Balaban J connectivity index is 1.24. The van der Waals surface area contributed by atoms with Gasteiger partial charge < -0.3 is 30.0 Å². The highest BCUT2D eigenvalue weighted by molar-refractivity contribution is 7.22. The van der Waals surface area contributed by atoms with E-state index in [0.29, 0.717) is 22.2 Å². The number of aromatic hydroxyl groups is 1. The second-order valence-corrected chi connectivity index (χ2v) is 18.9. The SMILES string of the molecule is COC(=O)C(CC#Cc1ccc2c(c1)C1(C(=O)N2C(=O)NC(C)c2ccccc2)C(C(=O)Nc2nc3ccccc3s2)C2C(=O)OC(c3ccccc3)C(c3ccccc3)N2C1c1ccc(O)cc1)C(=O)OC. The van der Waals surface area contributed by atoms with Gasteiger partial charge in [0.25, 0.3) is 0 Å². The summed E-state index contributed by atoms with van der Waals surface area (Å²) < 4.78 is 17.1. The van der Waals surface area contributed by atoms with Gasteiger partial charge in [0.1, 0.15) is 23.3 Å². The van der Waals surface area contributed by atoms with Crippen LogP contribution in [0.15, 0.2) is 158 Å². The summed E-state index contributed by atoms with van der Waals surface area (Å²) in [6.07, 6.45) is -1.27. The van der Waals surface area contributed by atoms with Crippen molar-refractivity contribution in [1.29, 1.82) is 0 Å². The number of fused-ring (bicyclic) bond motifs is 4. The van der Waals surface area contributed by atoms with Crippen LogP contribution in [0.1, 0.15) is 71.0 Å². The zero-order valence-electron chi connectivity index (χ0n) is 39.6. The summed E-state index contributed by atoms with van der Waals surface area (Å²) in [5.41, 5.74) is 1.54. The van der Waals surface area contributed by atoms with Crippen molar-refractivity contribution in [3.8, 4) is 17.6 Å². The van der Waals surface area contributed by atoms with Crippen molar-refractivity contribution in [2.45, 2.75) is 49.0 Å². The molecular weight excluding hydrogens is 947 g/mol. The maximum Gasteiger partial charge on any atom is 0.329 e. The molecule has 4 heterocycles. The Morgan fingerprint density at radius 2 is 1.41 bits per heavy atom. The fourth-order valence-corrected chi connectivity index (χ4v) is 11.5. The van der Waals surface area contributed by atoms with E-state index in [1.807, 2.05) is 114 Å². The van der Waals surface area contributed by atoms with Gasteiger partial charge in [-0.05, 0) is 77.2 Å². The standard InChI is InChI=1S/C57H47N5O10S/c1-33(35-17-7-4-8-18-35)58-56(69)61-43-31-26-34(16-15-23-40(51(65)70-2)52(66)71-3)32-41(43)57(54(61)68)45(50(64)60-55-59-42-24-13-14-25-44(42)73-55)47-53(67)72-48(37-21-11-6-12-22-37)46(36-19-9-5-10-20-36)62(47)49(57)38-27-29-39(63)30-28-38/h4-14,17-22,24-33,40,45-49,63H,23H2,1-3H3,(H,58,69)(H,59,60,64). The largest absolute Gasteiger partial charge is 0.508 e. The Bertz CT molecular complexity index is 3290. The molecule has 7 atom stereocenters. The number of hydrogen-bond donors (Lipinski definition) is 3. The van der Waals surface area contributed by atoms with Gasteiger partial charge in [-0.2, -0.15) is 0 Å². The van der Waals surface area contributed by atoms with Gasteiger partial charge in [-0.3, -0.25) is 28.9 Å². The smallest absolute Gasteiger partial charge is 0.329 e. The van der Waals surface area contributed by atoms with Gasteiger partial charge in [-0.25, -0.2) is 14.7 Å². The lowest BCUT2D eigenvalue weighted by molar-refractivity contribution is -0.178. The highest BCUT2D eigenvalue weighted by Gasteiger charge is 2.75. The lowest BCUT2D eigenvalue weighted by Gasteiger charge is -2.46. The molecule has 6 aromatic carbocycles. The van der Waals surface area contributed by atoms with Crippen LogP contribution in [-0.4, -0.2) is 71.0 Å². The number of rotatable bonds is 10. The number of para-hydroxylation sites is 1. The van der Waals surface area contributed by atoms with Crippen LogP contribution in [-0.2, 0) is 43.6 Å². The van der Waals surface area contributed by atoms with Gasteiger partial charge in [0.2, 0.25) is 11.8 Å². The quantitative estimate of drug-likeness (QED) is 0.0513. The van der Waals surface area contributed by atoms with Crippen LogP contribution in [0.3, 0.4) is 0 Å². The van der Waals surface area contributed by atoms with Crippen molar-refractivity contribution in [3.63, 3.8) is 0 Å². The third kappa shape index (κ3) is 8.51. The zero-order chi connectivity index (χ0) is 51.0. The number of carbonyl (C=O) groups excluding carboxylic acids is 6. The minimum Gasteiger partial charge on any atom is -0.508 e. The summed E-state index contributed by atoms with van der Waals surface area (Å²) in [6, 6.07) is 41.0. The number of methoxy groups -OCH3 is 2. The maximum atomic E-state index is 16.7. The van der Waals surface area contributed by atoms with E-state index in [0.717, 1.165) is 29.4 Å². The average Bonchev–Trinajstić information content (AvgIpc) is 4.06. The fourth-order valence-electron chi connectivity index (χ4n) is 10.6. The number of esters is 3. The number of morpholine rings is 1. The third-order valence-electron chi connectivity index (χ3n) is 13.8. The van der Waals surface area contributed by atoms with Crippen molar-refractivity contribution in [2.75, 3.05) is 24.4 Å². The number of benzene rings is 6. The Kier molecular flexibility index (Phi) is 13.1. The van der Waals surface area contributed by atoms with E-state index in [1.165, 1.54) is 23.5 Å². The molecule has 10 rings (SSSR count). The molecule has 15 nitrogen and oxygen atoms in total. The Hall–Kier alpha value is -8.65. The third-order valence-corrected chi connectivity index (χ3v) is 14.8. The number of phenols is 1. The number of imide groups is 1. The van der Waals surface area contributed by atoms with E-state index in [4.69, 9.17) is 19.2 Å². The number of cyclic esters (lactones) is 1. The predicted octanol–water partition coefficient (Wildman–Crippen LogP) is 8.48. The number of urea groups is 1. The van der Waals surface area contributed by atoms with Gasteiger partial charge in [-0.15, -0.1) is 0 Å². The number of nitrogens with zero attached hydrogens (tertiary/aromatic N) is 3. The molecule has 3 aliphatic rings. The molecule has 366 valence electrons. The summed E-state index contributed by atoms with van der Waals surface area (Å²) >= 11 is 1.21. The highest BCUT2D eigenvalue weighted by atomic mass is 32.1. The summed E-state index contributed by atoms with van der Waals surface area (Å²) in [6.45, 7) is 1.78. The Morgan fingerprint density at radius 3 is 2.07 bits per heavy atom. The fraction of sp³-hybridized carbons (Fsp3) is 0.211. The first-order valence-electron chi connectivity index (χ1n) is 23.5. The molecule has 4 amide bonds. The second kappa shape index (κ2) is 19.9. The van der Waals surface area contributed by atoms with Crippen LogP contribution >= 0.6 is 11.3 Å². The molecule has 7 unspecified atom stereocenters. The van der Waals surface area contributed by atoms with Gasteiger partial charge in [0.15, 0.2) is 11.0 Å². The van der Waals surface area contributed by atoms with E-state index >= 15 is 19.2 Å². The molecule has 73 heavy (non-hydrogen) atoms. The molecule has 16 heteroatoms. The number of hydrogen-bond acceptors (Lipinski definition) is 13. The number of ether oxygens (including phenoxy) is 3. The minimum atomic E-state index is -2.17. The number of amides is 4. The number of carbonyl (C=O) groups is 6. The van der Waals surface area contributed by atoms with Crippen molar-refractivity contribution < 1.29 is 48.1 Å². The monoisotopic (exact) mass is 993 g/mol. The molecule has 7 aromatic rings. The first-order valence-corrected chi connectivity index (χ1v) is 24.3. The summed E-state index contributed by atoms with van der Waals surface area (Å²) in [5.74, 6) is -1.24. The Morgan fingerprint density at radius 1 is 0.781 bits per heavy atom. The van der Waals surface area contributed by atoms with Gasteiger partial charge in [-0.1, -0.05) is 138 Å². The molecule has 1 aromatic heterocycles. The van der Waals surface area contributed by atoms with Crippen LogP contribution in [0, 0.1) is 23.7 Å². The molecule has 0 radical (unpaired) electrons. The van der Waals surface area contributed by atoms with Crippen molar-refractivity contribution in [2.24, 2.45) is 11.8 Å². The van der Waals surface area contributed by atoms with Crippen molar-refractivity contribution >= 4 is 68.1 Å². The molecule has 1 spiro atoms. The number of nitrogens with one attached hydrogen (secondary N) is 2. The normalized spacial score (nSPS) is 21.4. The summed E-state index contributed by atoms with van der Waals surface area (Å²) in [5, 5.41) is 17.0. The van der Waals surface area contributed by atoms with E-state index in [9.17, 15) is 14.7 Å². The number of thiazole rings is 1. The van der Waals surface area contributed by atoms with Gasteiger partial charge in [0.05, 0.1) is 54.2 Å². The van der Waals surface area contributed by atoms with Crippen molar-refractivity contribution in [3.05, 3.63) is 191 Å². The van der Waals surface area contributed by atoms with Crippen LogP contribution in [0.5, 0.6) is 5.75 Å². The van der Waals surface area contributed by atoms with Crippen LogP contribution in [0.4, 0.5) is 15.6 Å². The molecule has 3 aliphatic heterocycles. The van der Waals surface area contributed by atoms with E-state index in [-0.39, 0.29) is 34.1 Å². The topological polar surface area (TPSA) is 194 Å². The summed E-state index contributed by atoms with van der Waals surface area (Å²) in [4.78, 5) is 96.3. The number of anilines is 2. The number of phenolic OH excluding ortho intramolecular Hbond substituents is 1. The molecule has 2 saturated heterocycles. The first kappa shape index (κ1) is 48.0. The van der Waals surface area contributed by atoms with Gasteiger partial charge >= 0.3 is 23.9 Å². The predicted molar refractivity (Wildman–Crippen MR) is 271 cm³/mol. The lowest BCUT2D eigenvalue weighted by Crippen LogP contribution is -2.55. The summed E-state index contributed by atoms with van der Waals surface area (Å²) in [7, 11) is 2.29. The van der Waals surface area contributed by atoms with Crippen LogP contribution in [0.2, 0.25) is 0 Å². The molecule has 3 N–H and O–H groups in total. The lowest BCUT2D eigenvalue weighted by atomic mass is 9.65. The molecule has 0 bridgehead atoms. The highest BCUT2D eigenvalue weighted by Crippen LogP contribution is 2.66. The van der Waals surface area contributed by atoms with Gasteiger partial charge in [0, 0.05) is 12.0 Å².